The minimum Gasteiger partial charge on any atom is -0.481 e. The molecule has 6 heteroatoms. The Labute approximate surface area is 192 Å². The van der Waals surface area contributed by atoms with Gasteiger partial charge in [-0.1, -0.05) is 36.4 Å². The standard InChI is InChI=1S/C26H19BrO5/c27-22-13-17(16-5-2-1-3-6-16)9-12-23(22)30-15-25(28)31-18-10-11-20-19-7-4-8-21(19)26(29)32-24(20)14-18/h1-3,5-6,9-14H,4,7-8,15H2. The third kappa shape index (κ3) is 4.06. The van der Waals surface area contributed by atoms with Crippen LogP contribution in [0, 0.1) is 0 Å². The molecular formula is C26H19BrO5. The molecule has 1 aliphatic rings. The highest BCUT2D eigenvalue weighted by Gasteiger charge is 2.20. The van der Waals surface area contributed by atoms with E-state index in [0.717, 1.165) is 51.4 Å². The summed E-state index contributed by atoms with van der Waals surface area (Å²) in [6.45, 7) is -0.255. The van der Waals surface area contributed by atoms with Gasteiger partial charge in [0.15, 0.2) is 6.61 Å². The van der Waals surface area contributed by atoms with Gasteiger partial charge in [0.05, 0.1) is 4.47 Å². The first-order chi connectivity index (χ1) is 15.6. The Hall–Kier alpha value is -3.38. The van der Waals surface area contributed by atoms with Crippen molar-refractivity contribution in [2.75, 3.05) is 6.61 Å². The van der Waals surface area contributed by atoms with Gasteiger partial charge in [0, 0.05) is 17.0 Å². The van der Waals surface area contributed by atoms with Crippen LogP contribution in [0.15, 0.2) is 80.4 Å². The zero-order valence-electron chi connectivity index (χ0n) is 17.1. The van der Waals surface area contributed by atoms with Gasteiger partial charge in [-0.15, -0.1) is 0 Å². The molecule has 32 heavy (non-hydrogen) atoms. The Morgan fingerprint density at radius 1 is 0.938 bits per heavy atom. The quantitative estimate of drug-likeness (QED) is 0.204. The van der Waals surface area contributed by atoms with Crippen molar-refractivity contribution in [1.29, 1.82) is 0 Å². The fourth-order valence-electron chi connectivity index (χ4n) is 4.05. The molecular weight excluding hydrogens is 472 g/mol. The number of fused-ring (bicyclic) bond motifs is 3. The maximum Gasteiger partial charge on any atom is 0.349 e. The third-order valence-corrected chi connectivity index (χ3v) is 6.18. The highest BCUT2D eigenvalue weighted by Crippen LogP contribution is 2.31. The molecule has 0 atom stereocenters. The molecule has 5 rings (SSSR count). The predicted octanol–water partition coefficient (Wildman–Crippen LogP) is 5.70. The van der Waals surface area contributed by atoms with Gasteiger partial charge in [0.1, 0.15) is 17.1 Å². The second-order valence-electron chi connectivity index (χ2n) is 7.63. The van der Waals surface area contributed by atoms with Crippen molar-refractivity contribution < 1.29 is 18.7 Å². The van der Waals surface area contributed by atoms with E-state index in [-0.39, 0.29) is 12.2 Å². The van der Waals surface area contributed by atoms with Crippen molar-refractivity contribution in [3.05, 3.63) is 92.7 Å². The van der Waals surface area contributed by atoms with Gasteiger partial charge in [-0.2, -0.15) is 0 Å². The summed E-state index contributed by atoms with van der Waals surface area (Å²) in [5, 5.41) is 0.899. The Kier molecular flexibility index (Phi) is 5.53. The number of benzene rings is 3. The van der Waals surface area contributed by atoms with E-state index in [9.17, 15) is 9.59 Å². The topological polar surface area (TPSA) is 65.7 Å². The van der Waals surface area contributed by atoms with E-state index in [1.54, 1.807) is 12.1 Å². The van der Waals surface area contributed by atoms with Crippen molar-refractivity contribution in [3.63, 3.8) is 0 Å². The molecule has 5 nitrogen and oxygen atoms in total. The maximum atomic E-state index is 12.3. The molecule has 0 bridgehead atoms. The predicted molar refractivity (Wildman–Crippen MR) is 125 cm³/mol. The van der Waals surface area contributed by atoms with Crippen LogP contribution in [0.3, 0.4) is 0 Å². The summed E-state index contributed by atoms with van der Waals surface area (Å²) in [4.78, 5) is 24.5. The molecule has 160 valence electrons. The Morgan fingerprint density at radius 3 is 2.56 bits per heavy atom. The van der Waals surface area contributed by atoms with Gasteiger partial charge >= 0.3 is 11.6 Å². The zero-order chi connectivity index (χ0) is 22.1. The first-order valence-electron chi connectivity index (χ1n) is 10.4. The van der Waals surface area contributed by atoms with Crippen molar-refractivity contribution in [3.8, 4) is 22.6 Å². The Bertz CT molecular complexity index is 1370. The van der Waals surface area contributed by atoms with Crippen LogP contribution in [0.2, 0.25) is 0 Å². The largest absolute Gasteiger partial charge is 0.481 e. The lowest BCUT2D eigenvalue weighted by Gasteiger charge is -2.10. The second kappa shape index (κ2) is 8.63. The average Bonchev–Trinajstić information content (AvgIpc) is 3.30. The van der Waals surface area contributed by atoms with E-state index in [2.05, 4.69) is 15.9 Å². The molecule has 4 aromatic rings. The van der Waals surface area contributed by atoms with E-state index in [1.165, 1.54) is 0 Å². The highest BCUT2D eigenvalue weighted by molar-refractivity contribution is 9.10. The molecule has 0 unspecified atom stereocenters. The minimum absolute atomic E-state index is 0.255. The van der Waals surface area contributed by atoms with Crippen molar-refractivity contribution in [1.82, 2.24) is 0 Å². The van der Waals surface area contributed by atoms with E-state index in [4.69, 9.17) is 13.9 Å². The number of rotatable bonds is 5. The average molecular weight is 491 g/mol. The molecule has 0 N–H and O–H groups in total. The van der Waals surface area contributed by atoms with E-state index < -0.39 is 5.97 Å². The number of carbonyl (C=O) groups is 1. The normalized spacial score (nSPS) is 12.5. The molecule has 0 radical (unpaired) electrons. The summed E-state index contributed by atoms with van der Waals surface area (Å²) in [6.07, 6.45) is 2.57. The van der Waals surface area contributed by atoms with Crippen LogP contribution >= 0.6 is 15.9 Å². The number of carbonyl (C=O) groups excluding carboxylic acids is 1. The third-order valence-electron chi connectivity index (χ3n) is 5.56. The van der Waals surface area contributed by atoms with Gasteiger partial charge < -0.3 is 13.9 Å². The number of halogens is 1. The SMILES string of the molecule is O=C(COc1ccc(-c2ccccc2)cc1Br)Oc1ccc2c3c(c(=O)oc2c1)CCC3. The van der Waals surface area contributed by atoms with Gasteiger partial charge in [-0.25, -0.2) is 9.59 Å². The molecule has 0 saturated heterocycles. The number of esters is 1. The van der Waals surface area contributed by atoms with E-state index in [1.807, 2.05) is 54.6 Å². The lowest BCUT2D eigenvalue weighted by atomic mass is 10.1. The minimum atomic E-state index is -0.549. The number of hydrogen-bond acceptors (Lipinski definition) is 5. The number of aryl methyl sites for hydroxylation is 1. The fraction of sp³-hybridized carbons (Fsp3) is 0.154. The van der Waals surface area contributed by atoms with Gasteiger partial charge in [-0.05, 0) is 76.1 Å². The monoisotopic (exact) mass is 490 g/mol. The smallest absolute Gasteiger partial charge is 0.349 e. The lowest BCUT2D eigenvalue weighted by molar-refractivity contribution is -0.136. The van der Waals surface area contributed by atoms with Crippen LogP contribution < -0.4 is 15.1 Å². The fourth-order valence-corrected chi connectivity index (χ4v) is 4.55. The summed E-state index contributed by atoms with van der Waals surface area (Å²) in [5.74, 6) is 0.305. The van der Waals surface area contributed by atoms with Crippen LogP contribution in [0.5, 0.6) is 11.5 Å². The Balaban J connectivity index is 1.27. The molecule has 0 aliphatic heterocycles. The first kappa shape index (κ1) is 20.5. The Morgan fingerprint density at radius 2 is 1.75 bits per heavy atom. The molecule has 0 fully saturated rings. The summed E-state index contributed by atoms with van der Waals surface area (Å²) >= 11 is 3.50. The van der Waals surface area contributed by atoms with Gasteiger partial charge in [0.2, 0.25) is 0 Å². The molecule has 0 spiro atoms. The second-order valence-corrected chi connectivity index (χ2v) is 8.49. The molecule has 0 saturated carbocycles. The van der Waals surface area contributed by atoms with E-state index in [0.29, 0.717) is 17.1 Å². The van der Waals surface area contributed by atoms with E-state index >= 15 is 0 Å². The summed E-state index contributed by atoms with van der Waals surface area (Å²) in [5.41, 5.74) is 4.06. The van der Waals surface area contributed by atoms with Crippen LogP contribution in [-0.4, -0.2) is 12.6 Å². The van der Waals surface area contributed by atoms with Crippen molar-refractivity contribution in [2.45, 2.75) is 19.3 Å². The van der Waals surface area contributed by atoms with Crippen molar-refractivity contribution in [2.24, 2.45) is 0 Å². The summed E-state index contributed by atoms with van der Waals surface area (Å²) < 4.78 is 17.2. The summed E-state index contributed by atoms with van der Waals surface area (Å²) in [6, 6.07) is 20.8. The van der Waals surface area contributed by atoms with Crippen LogP contribution in [-0.2, 0) is 17.6 Å². The molecule has 1 aromatic heterocycles. The molecule has 1 aliphatic carbocycles. The van der Waals surface area contributed by atoms with Crippen molar-refractivity contribution >= 4 is 32.9 Å². The molecule has 0 amide bonds. The van der Waals surface area contributed by atoms with Crippen LogP contribution in [0.1, 0.15) is 17.5 Å². The number of ether oxygens (including phenoxy) is 2. The first-order valence-corrected chi connectivity index (χ1v) is 11.1. The summed E-state index contributed by atoms with van der Waals surface area (Å²) in [7, 11) is 0. The molecule has 3 aromatic carbocycles. The van der Waals surface area contributed by atoms with Gasteiger partial charge in [-0.3, -0.25) is 0 Å². The lowest BCUT2D eigenvalue weighted by Crippen LogP contribution is -2.18. The van der Waals surface area contributed by atoms with Crippen LogP contribution in [0.25, 0.3) is 22.1 Å². The highest BCUT2D eigenvalue weighted by atomic mass is 79.9. The number of hydrogen-bond donors (Lipinski definition) is 0. The zero-order valence-corrected chi connectivity index (χ0v) is 18.7. The van der Waals surface area contributed by atoms with Gasteiger partial charge in [0.25, 0.3) is 0 Å². The molecule has 1 heterocycles. The van der Waals surface area contributed by atoms with Crippen LogP contribution in [0.4, 0.5) is 0 Å². The maximum absolute atomic E-state index is 12.3.